The Morgan fingerprint density at radius 2 is 2.16 bits per heavy atom. The molecule has 0 radical (unpaired) electrons. The maximum absolute atomic E-state index is 12.4. The number of aromatic nitrogens is 2. The lowest BCUT2D eigenvalue weighted by molar-refractivity contribution is -0.119. The second-order valence-electron chi connectivity index (χ2n) is 6.81. The van der Waals surface area contributed by atoms with Crippen molar-refractivity contribution >= 4 is 11.6 Å². The predicted molar refractivity (Wildman–Crippen MR) is 97.7 cm³/mol. The quantitative estimate of drug-likeness (QED) is 0.896. The fourth-order valence-electron chi connectivity index (χ4n) is 3.34. The number of ether oxygens (including phenoxy) is 1. The van der Waals surface area contributed by atoms with E-state index < -0.39 is 0 Å². The highest BCUT2D eigenvalue weighted by atomic mass is 16.5. The summed E-state index contributed by atoms with van der Waals surface area (Å²) in [6, 6.07) is 6.42. The van der Waals surface area contributed by atoms with Crippen LogP contribution >= 0.6 is 0 Å². The van der Waals surface area contributed by atoms with Gasteiger partial charge in [-0.3, -0.25) is 14.8 Å². The minimum atomic E-state index is -0.0196. The van der Waals surface area contributed by atoms with Crippen LogP contribution < -0.4 is 5.32 Å². The molecule has 2 N–H and O–H groups in total. The van der Waals surface area contributed by atoms with Gasteiger partial charge in [0.1, 0.15) is 0 Å². The molecule has 0 saturated carbocycles. The third kappa shape index (κ3) is 4.08. The van der Waals surface area contributed by atoms with Crippen LogP contribution in [0.2, 0.25) is 0 Å². The molecule has 1 aliphatic heterocycles. The Bertz CT molecular complexity index is 749. The zero-order valence-electron chi connectivity index (χ0n) is 15.3. The third-order valence-corrected chi connectivity index (χ3v) is 4.68. The number of hydrogen-bond donors (Lipinski definition) is 2. The van der Waals surface area contributed by atoms with E-state index in [0.29, 0.717) is 13.2 Å². The fourth-order valence-corrected chi connectivity index (χ4v) is 3.34. The topological polar surface area (TPSA) is 70.2 Å². The van der Waals surface area contributed by atoms with Crippen LogP contribution in [0.3, 0.4) is 0 Å². The van der Waals surface area contributed by atoms with Crippen LogP contribution in [0.5, 0.6) is 0 Å². The molecule has 134 valence electrons. The van der Waals surface area contributed by atoms with Crippen molar-refractivity contribution in [1.82, 2.24) is 15.1 Å². The number of morpholine rings is 1. The lowest BCUT2D eigenvalue weighted by Crippen LogP contribution is -2.42. The summed E-state index contributed by atoms with van der Waals surface area (Å²) in [5.74, 6) is -0.0196. The molecule has 1 amide bonds. The van der Waals surface area contributed by atoms with Gasteiger partial charge >= 0.3 is 0 Å². The Labute approximate surface area is 148 Å². The van der Waals surface area contributed by atoms with Gasteiger partial charge in [-0.25, -0.2) is 0 Å². The number of aromatic amines is 1. The lowest BCUT2D eigenvalue weighted by atomic mass is 10.00. The van der Waals surface area contributed by atoms with E-state index in [4.69, 9.17) is 4.74 Å². The number of H-pyrrole nitrogens is 1. The molecule has 0 unspecified atom stereocenters. The number of nitrogens with one attached hydrogen (secondary N) is 2. The van der Waals surface area contributed by atoms with Crippen LogP contribution in [0.25, 0.3) is 0 Å². The standard InChI is InChI=1S/C19H26N4O2/c1-12-5-6-16(13(2)9-12)17-10-23(7-8-25-17)11-18(24)20-19-14(3)21-22-15(19)4/h5-6,9,17H,7-8,10-11H2,1-4H3,(H,20,24)(H,21,22)/t17-/m1/s1. The first kappa shape index (κ1) is 17.6. The first-order valence-corrected chi connectivity index (χ1v) is 8.66. The van der Waals surface area contributed by atoms with Crippen molar-refractivity contribution in [3.8, 4) is 0 Å². The summed E-state index contributed by atoms with van der Waals surface area (Å²) in [4.78, 5) is 14.5. The molecular weight excluding hydrogens is 316 g/mol. The fraction of sp³-hybridized carbons (Fsp3) is 0.474. The molecule has 6 heteroatoms. The second kappa shape index (κ2) is 7.37. The van der Waals surface area contributed by atoms with E-state index in [2.05, 4.69) is 52.5 Å². The SMILES string of the molecule is Cc1ccc([C@H]2CN(CC(=O)Nc3c(C)n[nH]c3C)CCO2)c(C)c1. The first-order valence-electron chi connectivity index (χ1n) is 8.66. The Kier molecular flexibility index (Phi) is 5.20. The van der Waals surface area contributed by atoms with E-state index in [1.165, 1.54) is 16.7 Å². The minimum absolute atomic E-state index is 0.0135. The van der Waals surface area contributed by atoms with E-state index in [1.807, 2.05) is 13.8 Å². The number of carbonyl (C=O) groups is 1. The normalized spacial score (nSPS) is 18.3. The number of benzene rings is 1. The Hall–Kier alpha value is -2.18. The van der Waals surface area contributed by atoms with E-state index in [-0.39, 0.29) is 12.0 Å². The van der Waals surface area contributed by atoms with Crippen LogP contribution in [0, 0.1) is 27.7 Å². The zero-order chi connectivity index (χ0) is 18.0. The molecule has 1 aromatic carbocycles. The van der Waals surface area contributed by atoms with Gasteiger partial charge in [-0.2, -0.15) is 5.10 Å². The van der Waals surface area contributed by atoms with Crippen molar-refractivity contribution in [2.75, 3.05) is 31.6 Å². The smallest absolute Gasteiger partial charge is 0.238 e. The molecule has 2 heterocycles. The van der Waals surface area contributed by atoms with Crippen molar-refractivity contribution in [3.05, 3.63) is 46.3 Å². The van der Waals surface area contributed by atoms with Gasteiger partial charge < -0.3 is 10.1 Å². The van der Waals surface area contributed by atoms with Crippen LogP contribution in [-0.2, 0) is 9.53 Å². The molecule has 1 aliphatic rings. The number of hydrogen-bond acceptors (Lipinski definition) is 4. The number of nitrogens with zero attached hydrogens (tertiary/aromatic N) is 2. The highest BCUT2D eigenvalue weighted by Gasteiger charge is 2.25. The van der Waals surface area contributed by atoms with Gasteiger partial charge in [-0.15, -0.1) is 0 Å². The molecule has 2 aromatic rings. The largest absolute Gasteiger partial charge is 0.371 e. The Balaban J connectivity index is 1.62. The molecule has 1 atom stereocenters. The van der Waals surface area contributed by atoms with Crippen molar-refractivity contribution < 1.29 is 9.53 Å². The Morgan fingerprint density at radius 3 is 2.84 bits per heavy atom. The summed E-state index contributed by atoms with van der Waals surface area (Å²) in [6.45, 7) is 10.5. The molecule has 0 bridgehead atoms. The maximum atomic E-state index is 12.4. The van der Waals surface area contributed by atoms with E-state index >= 15 is 0 Å². The van der Waals surface area contributed by atoms with E-state index in [0.717, 1.165) is 30.2 Å². The number of aryl methyl sites for hydroxylation is 4. The van der Waals surface area contributed by atoms with Crippen molar-refractivity contribution in [2.24, 2.45) is 0 Å². The average Bonchev–Trinajstić information content (AvgIpc) is 2.87. The van der Waals surface area contributed by atoms with Gasteiger partial charge in [0, 0.05) is 13.1 Å². The molecule has 0 aliphatic carbocycles. The molecular formula is C19H26N4O2. The summed E-state index contributed by atoms with van der Waals surface area (Å²) in [5, 5.41) is 9.96. The van der Waals surface area contributed by atoms with E-state index in [9.17, 15) is 4.79 Å². The predicted octanol–water partition coefficient (Wildman–Crippen LogP) is 2.66. The van der Waals surface area contributed by atoms with Gasteiger partial charge in [-0.1, -0.05) is 23.8 Å². The minimum Gasteiger partial charge on any atom is -0.371 e. The third-order valence-electron chi connectivity index (χ3n) is 4.68. The summed E-state index contributed by atoms with van der Waals surface area (Å²) < 4.78 is 5.95. The molecule has 3 rings (SSSR count). The highest BCUT2D eigenvalue weighted by Crippen LogP contribution is 2.26. The highest BCUT2D eigenvalue weighted by molar-refractivity contribution is 5.93. The number of amides is 1. The molecule has 1 fully saturated rings. The summed E-state index contributed by atoms with van der Waals surface area (Å²) >= 11 is 0. The van der Waals surface area contributed by atoms with Gasteiger partial charge in [-0.05, 0) is 38.8 Å². The number of rotatable bonds is 4. The zero-order valence-corrected chi connectivity index (χ0v) is 15.3. The van der Waals surface area contributed by atoms with Gasteiger partial charge in [0.05, 0.1) is 36.3 Å². The summed E-state index contributed by atoms with van der Waals surface area (Å²) in [5.41, 5.74) is 6.16. The molecule has 6 nitrogen and oxygen atoms in total. The second-order valence-corrected chi connectivity index (χ2v) is 6.81. The maximum Gasteiger partial charge on any atom is 0.238 e. The first-order chi connectivity index (χ1) is 11.9. The van der Waals surface area contributed by atoms with Crippen LogP contribution in [0.4, 0.5) is 5.69 Å². The van der Waals surface area contributed by atoms with Gasteiger partial charge in [0.2, 0.25) is 5.91 Å². The average molecular weight is 342 g/mol. The summed E-state index contributed by atoms with van der Waals surface area (Å²) in [6.07, 6.45) is 0.0135. The van der Waals surface area contributed by atoms with Crippen molar-refractivity contribution in [2.45, 2.75) is 33.8 Å². The monoisotopic (exact) mass is 342 g/mol. The van der Waals surface area contributed by atoms with E-state index in [1.54, 1.807) is 0 Å². The van der Waals surface area contributed by atoms with Crippen LogP contribution in [0.15, 0.2) is 18.2 Å². The molecule has 1 saturated heterocycles. The number of carbonyl (C=O) groups excluding carboxylic acids is 1. The lowest BCUT2D eigenvalue weighted by Gasteiger charge is -2.33. The van der Waals surface area contributed by atoms with Crippen molar-refractivity contribution in [3.63, 3.8) is 0 Å². The van der Waals surface area contributed by atoms with Crippen LogP contribution in [0.1, 0.15) is 34.2 Å². The van der Waals surface area contributed by atoms with Gasteiger partial charge in [0.25, 0.3) is 0 Å². The number of anilines is 1. The summed E-state index contributed by atoms with van der Waals surface area (Å²) in [7, 11) is 0. The van der Waals surface area contributed by atoms with Crippen molar-refractivity contribution in [1.29, 1.82) is 0 Å². The van der Waals surface area contributed by atoms with Gasteiger partial charge in [0.15, 0.2) is 0 Å². The Morgan fingerprint density at radius 1 is 1.36 bits per heavy atom. The van der Waals surface area contributed by atoms with Crippen LogP contribution in [-0.4, -0.2) is 47.2 Å². The molecule has 1 aromatic heterocycles. The molecule has 0 spiro atoms. The molecule has 25 heavy (non-hydrogen) atoms.